The monoisotopic (exact) mass is 249 g/mol. The third-order valence-electron chi connectivity index (χ3n) is 3.48. The zero-order valence-corrected chi connectivity index (χ0v) is 11.0. The van der Waals surface area contributed by atoms with E-state index in [1.807, 2.05) is 0 Å². The van der Waals surface area contributed by atoms with E-state index in [4.69, 9.17) is 0 Å². The molecule has 4 nitrogen and oxygen atoms in total. The molecule has 0 bridgehead atoms. The predicted molar refractivity (Wildman–Crippen MR) is 65.2 cm³/mol. The second-order valence-electron chi connectivity index (χ2n) is 4.60. The molecule has 0 aromatic rings. The van der Waals surface area contributed by atoms with Gasteiger partial charge in [-0.1, -0.05) is 26.7 Å². The molecular formula is C11H23NO3S. The fourth-order valence-corrected chi connectivity index (χ4v) is 3.46. The summed E-state index contributed by atoms with van der Waals surface area (Å²) >= 11 is 0. The highest BCUT2D eigenvalue weighted by molar-refractivity contribution is 7.91. The normalized spacial score (nSPS) is 23.5. The van der Waals surface area contributed by atoms with Crippen molar-refractivity contribution in [2.75, 3.05) is 31.1 Å². The molecule has 1 unspecified atom stereocenters. The van der Waals surface area contributed by atoms with Gasteiger partial charge in [-0.2, -0.15) is 0 Å². The van der Waals surface area contributed by atoms with Crippen molar-refractivity contribution in [1.82, 2.24) is 4.90 Å². The van der Waals surface area contributed by atoms with Crippen LogP contribution in [0.25, 0.3) is 0 Å². The largest absolute Gasteiger partial charge is 0.392 e. The summed E-state index contributed by atoms with van der Waals surface area (Å²) in [5, 5.41) is 10.0. The summed E-state index contributed by atoms with van der Waals surface area (Å²) in [4.78, 5) is 2.06. The first-order valence-corrected chi connectivity index (χ1v) is 7.91. The first kappa shape index (κ1) is 13.9. The fourth-order valence-electron chi connectivity index (χ4n) is 2.18. The van der Waals surface area contributed by atoms with Gasteiger partial charge in [-0.15, -0.1) is 0 Å². The highest BCUT2D eigenvalue weighted by Gasteiger charge is 2.25. The van der Waals surface area contributed by atoms with Crippen LogP contribution in [0, 0.1) is 5.92 Å². The van der Waals surface area contributed by atoms with Crippen LogP contribution in [0.3, 0.4) is 0 Å². The molecule has 5 heteroatoms. The second kappa shape index (κ2) is 5.98. The molecule has 0 aromatic carbocycles. The minimum absolute atomic E-state index is 0.239. The maximum atomic E-state index is 11.2. The summed E-state index contributed by atoms with van der Waals surface area (Å²) in [5.41, 5.74) is 0. The molecule has 1 fully saturated rings. The molecule has 0 aliphatic carbocycles. The Morgan fingerprint density at radius 2 is 1.69 bits per heavy atom. The third kappa shape index (κ3) is 4.03. The number of β-amino-alcohol motifs (C(OH)–C–C–N with tert-alkyl or cyclic N) is 1. The number of sulfone groups is 1. The molecule has 1 saturated heterocycles. The Balaban J connectivity index is 2.38. The number of aliphatic hydroxyl groups is 1. The van der Waals surface area contributed by atoms with Crippen molar-refractivity contribution in [2.45, 2.75) is 32.8 Å². The summed E-state index contributed by atoms with van der Waals surface area (Å²) in [7, 11) is -2.81. The van der Waals surface area contributed by atoms with Crippen LogP contribution >= 0.6 is 0 Å². The zero-order valence-electron chi connectivity index (χ0n) is 10.2. The summed E-state index contributed by atoms with van der Waals surface area (Å²) < 4.78 is 22.5. The van der Waals surface area contributed by atoms with Crippen molar-refractivity contribution >= 4 is 9.84 Å². The van der Waals surface area contributed by atoms with E-state index < -0.39 is 9.84 Å². The van der Waals surface area contributed by atoms with Crippen LogP contribution in [-0.2, 0) is 9.84 Å². The predicted octanol–water partition coefficient (Wildman–Crippen LogP) is 0.514. The maximum Gasteiger partial charge on any atom is 0.152 e. The van der Waals surface area contributed by atoms with Gasteiger partial charge in [-0.3, -0.25) is 4.90 Å². The Bertz CT molecular complexity index is 284. The molecule has 0 spiro atoms. The van der Waals surface area contributed by atoms with Crippen molar-refractivity contribution in [3.8, 4) is 0 Å². The van der Waals surface area contributed by atoms with E-state index in [1.54, 1.807) is 0 Å². The zero-order chi connectivity index (χ0) is 12.2. The molecule has 0 aromatic heterocycles. The Kier molecular flexibility index (Phi) is 5.21. The van der Waals surface area contributed by atoms with Crippen LogP contribution in [0.15, 0.2) is 0 Å². The van der Waals surface area contributed by atoms with Crippen molar-refractivity contribution in [1.29, 1.82) is 0 Å². The summed E-state index contributed by atoms with van der Waals surface area (Å²) in [6, 6.07) is 0. The number of hydrogen-bond acceptors (Lipinski definition) is 4. The molecule has 1 N–H and O–H groups in total. The number of hydrogen-bond donors (Lipinski definition) is 1. The standard InChI is InChI=1S/C11H23NO3S/c1-3-10(4-2)11(13)9-12-5-7-16(14,15)8-6-12/h10-11,13H,3-9H2,1-2H3. The van der Waals surface area contributed by atoms with E-state index in [-0.39, 0.29) is 17.6 Å². The number of aliphatic hydroxyl groups excluding tert-OH is 1. The van der Waals surface area contributed by atoms with Gasteiger partial charge in [-0.05, 0) is 5.92 Å². The van der Waals surface area contributed by atoms with Crippen molar-refractivity contribution in [3.63, 3.8) is 0 Å². The molecule has 16 heavy (non-hydrogen) atoms. The lowest BCUT2D eigenvalue weighted by Crippen LogP contribution is -2.45. The van der Waals surface area contributed by atoms with Gasteiger partial charge in [0.15, 0.2) is 9.84 Å². The summed E-state index contributed by atoms with van der Waals surface area (Å²) in [5.74, 6) is 0.809. The third-order valence-corrected chi connectivity index (χ3v) is 5.08. The molecule has 1 rings (SSSR count). The molecule has 0 amide bonds. The summed E-state index contributed by atoms with van der Waals surface area (Å²) in [6.07, 6.45) is 1.63. The van der Waals surface area contributed by atoms with Crippen LogP contribution in [0.5, 0.6) is 0 Å². The number of nitrogens with zero attached hydrogens (tertiary/aromatic N) is 1. The lowest BCUT2D eigenvalue weighted by molar-refractivity contribution is 0.0628. The van der Waals surface area contributed by atoms with E-state index >= 15 is 0 Å². The van der Waals surface area contributed by atoms with E-state index in [0.717, 1.165) is 12.8 Å². The highest BCUT2D eigenvalue weighted by Crippen LogP contribution is 2.15. The first-order valence-electron chi connectivity index (χ1n) is 6.09. The Hall–Kier alpha value is -0.130. The quantitative estimate of drug-likeness (QED) is 0.771. The van der Waals surface area contributed by atoms with Gasteiger partial charge in [0.25, 0.3) is 0 Å². The molecule has 0 saturated carbocycles. The van der Waals surface area contributed by atoms with Crippen molar-refractivity contribution < 1.29 is 13.5 Å². The Labute approximate surface area is 98.6 Å². The fraction of sp³-hybridized carbons (Fsp3) is 1.00. The minimum Gasteiger partial charge on any atom is -0.392 e. The molecule has 96 valence electrons. The lowest BCUT2D eigenvalue weighted by Gasteiger charge is -2.31. The van der Waals surface area contributed by atoms with E-state index in [1.165, 1.54) is 0 Å². The van der Waals surface area contributed by atoms with Crippen molar-refractivity contribution in [3.05, 3.63) is 0 Å². The SMILES string of the molecule is CCC(CC)C(O)CN1CCS(=O)(=O)CC1. The first-order chi connectivity index (χ1) is 7.48. The minimum atomic E-state index is -2.81. The van der Waals surface area contributed by atoms with Crippen molar-refractivity contribution in [2.24, 2.45) is 5.92 Å². The van der Waals surface area contributed by atoms with Crippen LogP contribution in [0.4, 0.5) is 0 Å². The molecule has 0 radical (unpaired) electrons. The molecular weight excluding hydrogens is 226 g/mol. The van der Waals surface area contributed by atoms with Gasteiger partial charge in [0, 0.05) is 19.6 Å². The van der Waals surface area contributed by atoms with Gasteiger partial charge < -0.3 is 5.11 Å². The second-order valence-corrected chi connectivity index (χ2v) is 6.90. The molecule has 1 heterocycles. The van der Waals surface area contributed by atoms with Gasteiger partial charge >= 0.3 is 0 Å². The molecule has 1 aliphatic heterocycles. The van der Waals surface area contributed by atoms with Gasteiger partial charge in [0.1, 0.15) is 0 Å². The highest BCUT2D eigenvalue weighted by atomic mass is 32.2. The van der Waals surface area contributed by atoms with Crippen LogP contribution in [0.2, 0.25) is 0 Å². The number of rotatable bonds is 5. The average molecular weight is 249 g/mol. The Morgan fingerprint density at radius 3 is 2.12 bits per heavy atom. The lowest BCUT2D eigenvalue weighted by atomic mass is 9.96. The van der Waals surface area contributed by atoms with Crippen LogP contribution < -0.4 is 0 Å². The smallest absolute Gasteiger partial charge is 0.152 e. The maximum absolute atomic E-state index is 11.2. The van der Waals surface area contributed by atoms with Gasteiger partial charge in [-0.25, -0.2) is 8.42 Å². The van der Waals surface area contributed by atoms with E-state index in [2.05, 4.69) is 18.7 Å². The van der Waals surface area contributed by atoms with Gasteiger partial charge in [0.05, 0.1) is 17.6 Å². The van der Waals surface area contributed by atoms with Crippen LogP contribution in [0.1, 0.15) is 26.7 Å². The Morgan fingerprint density at radius 1 is 1.19 bits per heavy atom. The topological polar surface area (TPSA) is 57.6 Å². The van der Waals surface area contributed by atoms with Crippen LogP contribution in [-0.4, -0.2) is 55.7 Å². The summed E-state index contributed by atoms with van der Waals surface area (Å²) in [6.45, 7) is 5.91. The molecule has 1 atom stereocenters. The van der Waals surface area contributed by atoms with E-state index in [9.17, 15) is 13.5 Å². The van der Waals surface area contributed by atoms with Gasteiger partial charge in [0.2, 0.25) is 0 Å². The average Bonchev–Trinajstić information content (AvgIpc) is 2.23. The van der Waals surface area contributed by atoms with E-state index in [0.29, 0.717) is 25.6 Å². The molecule has 1 aliphatic rings.